The fourth-order valence-corrected chi connectivity index (χ4v) is 5.61. The third kappa shape index (κ3) is 3.93. The Morgan fingerprint density at radius 3 is 2.65 bits per heavy atom. The van der Waals surface area contributed by atoms with Gasteiger partial charge in [0, 0.05) is 44.2 Å². The summed E-state index contributed by atoms with van der Waals surface area (Å²) in [6.45, 7) is 2.19. The normalized spacial score (nSPS) is 17.2. The Labute approximate surface area is 181 Å². The first-order valence-corrected chi connectivity index (χ1v) is 11.5. The van der Waals surface area contributed by atoms with Crippen molar-refractivity contribution in [1.82, 2.24) is 14.2 Å². The molecule has 0 saturated carbocycles. The summed E-state index contributed by atoms with van der Waals surface area (Å²) < 4.78 is 41.7. The number of hydrogen-bond donors (Lipinski definition) is 0. The topological polar surface area (TPSA) is 70.6 Å². The summed E-state index contributed by atoms with van der Waals surface area (Å²) in [4.78, 5) is 18.7. The fourth-order valence-electron chi connectivity index (χ4n) is 3.96. The van der Waals surface area contributed by atoms with Crippen LogP contribution in [0.2, 0.25) is 0 Å². The minimum Gasteiger partial charge on any atom is -0.345 e. The van der Waals surface area contributed by atoms with Crippen LogP contribution >= 0.6 is 0 Å². The lowest BCUT2D eigenvalue weighted by atomic mass is 9.99. The number of carbonyl (C=O) groups excluding carboxylic acids is 1. The van der Waals surface area contributed by atoms with Gasteiger partial charge in [-0.05, 0) is 43.2 Å². The molecule has 8 heteroatoms. The lowest BCUT2D eigenvalue weighted by molar-refractivity contribution is 0.0829. The summed E-state index contributed by atoms with van der Waals surface area (Å²) in [6.07, 6.45) is 0.549. The molecule has 1 saturated heterocycles. The summed E-state index contributed by atoms with van der Waals surface area (Å²) in [6, 6.07) is 13.3. The lowest BCUT2D eigenvalue weighted by Gasteiger charge is -2.18. The van der Waals surface area contributed by atoms with Crippen molar-refractivity contribution < 1.29 is 17.6 Å². The largest absolute Gasteiger partial charge is 0.345 e. The van der Waals surface area contributed by atoms with Gasteiger partial charge in [0.2, 0.25) is 10.0 Å². The molecule has 2 aromatic carbocycles. The SMILES string of the molecule is Cc1ccc(F)c(S(=O)(=O)N2CC[C@H](c3cc(C(=O)N(C)C)c4ccccc4n3)C2)c1. The van der Waals surface area contributed by atoms with Crippen LogP contribution in [0.3, 0.4) is 0 Å². The van der Waals surface area contributed by atoms with Crippen LogP contribution in [0.1, 0.15) is 34.0 Å². The van der Waals surface area contributed by atoms with E-state index in [2.05, 4.69) is 0 Å². The maximum atomic E-state index is 14.3. The van der Waals surface area contributed by atoms with Crippen LogP contribution in [0.15, 0.2) is 53.4 Å². The monoisotopic (exact) mass is 441 g/mol. The minimum absolute atomic E-state index is 0.135. The van der Waals surface area contributed by atoms with Gasteiger partial charge in [-0.1, -0.05) is 24.3 Å². The van der Waals surface area contributed by atoms with Crippen LogP contribution in [0.5, 0.6) is 0 Å². The quantitative estimate of drug-likeness (QED) is 0.621. The van der Waals surface area contributed by atoms with Crippen molar-refractivity contribution in [1.29, 1.82) is 0 Å². The Balaban J connectivity index is 1.69. The predicted molar refractivity (Wildman–Crippen MR) is 117 cm³/mol. The molecule has 1 amide bonds. The zero-order valence-electron chi connectivity index (χ0n) is 17.7. The van der Waals surface area contributed by atoms with E-state index in [1.54, 1.807) is 33.2 Å². The molecule has 0 aliphatic carbocycles. The Hall–Kier alpha value is -2.84. The van der Waals surface area contributed by atoms with Crippen molar-refractivity contribution in [2.24, 2.45) is 0 Å². The number of fused-ring (bicyclic) bond motifs is 1. The Morgan fingerprint density at radius 1 is 1.16 bits per heavy atom. The molecule has 31 heavy (non-hydrogen) atoms. The average molecular weight is 442 g/mol. The summed E-state index contributed by atoms with van der Waals surface area (Å²) in [5, 5.41) is 0.759. The van der Waals surface area contributed by atoms with Gasteiger partial charge in [0.05, 0.1) is 11.1 Å². The van der Waals surface area contributed by atoms with E-state index in [9.17, 15) is 17.6 Å². The van der Waals surface area contributed by atoms with E-state index < -0.39 is 15.8 Å². The number of sulfonamides is 1. The van der Waals surface area contributed by atoms with E-state index >= 15 is 0 Å². The average Bonchev–Trinajstić information content (AvgIpc) is 3.25. The van der Waals surface area contributed by atoms with E-state index in [4.69, 9.17) is 4.98 Å². The highest BCUT2D eigenvalue weighted by atomic mass is 32.2. The number of nitrogens with zero attached hydrogens (tertiary/aromatic N) is 3. The highest BCUT2D eigenvalue weighted by molar-refractivity contribution is 7.89. The predicted octanol–water partition coefficient (Wildman–Crippen LogP) is 3.56. The Morgan fingerprint density at radius 2 is 1.90 bits per heavy atom. The van der Waals surface area contributed by atoms with Crippen LogP contribution < -0.4 is 0 Å². The number of hydrogen-bond acceptors (Lipinski definition) is 4. The zero-order valence-corrected chi connectivity index (χ0v) is 18.5. The van der Waals surface area contributed by atoms with Crippen molar-refractivity contribution in [2.45, 2.75) is 24.2 Å². The van der Waals surface area contributed by atoms with E-state index in [1.165, 1.54) is 21.3 Å². The summed E-state index contributed by atoms with van der Waals surface area (Å²) in [5.41, 5.74) is 2.58. The van der Waals surface area contributed by atoms with Gasteiger partial charge in [0.25, 0.3) is 5.91 Å². The smallest absolute Gasteiger partial charge is 0.254 e. The second kappa shape index (κ2) is 8.01. The van der Waals surface area contributed by atoms with Gasteiger partial charge in [-0.15, -0.1) is 0 Å². The molecule has 162 valence electrons. The highest BCUT2D eigenvalue weighted by Gasteiger charge is 2.35. The molecule has 0 bridgehead atoms. The van der Waals surface area contributed by atoms with Crippen molar-refractivity contribution in [3.8, 4) is 0 Å². The maximum Gasteiger partial charge on any atom is 0.254 e. The van der Waals surface area contributed by atoms with Gasteiger partial charge >= 0.3 is 0 Å². The van der Waals surface area contributed by atoms with Crippen molar-refractivity contribution in [2.75, 3.05) is 27.2 Å². The van der Waals surface area contributed by atoms with Gasteiger partial charge in [-0.25, -0.2) is 12.8 Å². The number of halogens is 1. The first-order chi connectivity index (χ1) is 14.7. The van der Waals surface area contributed by atoms with Crippen LogP contribution in [-0.2, 0) is 10.0 Å². The number of aryl methyl sites for hydroxylation is 1. The summed E-state index contributed by atoms with van der Waals surface area (Å²) in [5.74, 6) is -1.07. The molecular formula is C23H24FN3O3S. The van der Waals surface area contributed by atoms with Crippen LogP contribution in [0.25, 0.3) is 10.9 Å². The number of pyridine rings is 1. The molecule has 4 rings (SSSR count). The second-order valence-corrected chi connectivity index (χ2v) is 10.0. The summed E-state index contributed by atoms with van der Waals surface area (Å²) in [7, 11) is -0.576. The van der Waals surface area contributed by atoms with Gasteiger partial charge in [-0.2, -0.15) is 4.31 Å². The molecular weight excluding hydrogens is 417 g/mol. The molecule has 0 N–H and O–H groups in total. The fraction of sp³-hybridized carbons (Fsp3) is 0.304. The third-order valence-electron chi connectivity index (χ3n) is 5.65. The van der Waals surface area contributed by atoms with Crippen molar-refractivity contribution >= 4 is 26.8 Å². The van der Waals surface area contributed by atoms with E-state index in [0.717, 1.165) is 5.39 Å². The van der Waals surface area contributed by atoms with Gasteiger partial charge in [-0.3, -0.25) is 9.78 Å². The van der Waals surface area contributed by atoms with Crippen LogP contribution in [0, 0.1) is 12.7 Å². The molecule has 1 aliphatic heterocycles. The number of amides is 1. The molecule has 6 nitrogen and oxygen atoms in total. The van der Waals surface area contributed by atoms with Crippen LogP contribution in [-0.4, -0.2) is 55.7 Å². The molecule has 0 radical (unpaired) electrons. The highest BCUT2D eigenvalue weighted by Crippen LogP contribution is 2.33. The van der Waals surface area contributed by atoms with E-state index in [1.807, 2.05) is 24.3 Å². The standard InChI is InChI=1S/C23H24FN3O3S/c1-15-8-9-19(24)22(12-15)31(29,30)27-11-10-16(14-27)21-13-18(23(28)26(2)3)17-6-4-5-7-20(17)25-21/h4-9,12-13,16H,10-11,14H2,1-3H3/t16-/m0/s1. The van der Waals surface area contributed by atoms with Crippen molar-refractivity contribution in [3.63, 3.8) is 0 Å². The number of para-hydroxylation sites is 1. The Bertz CT molecular complexity index is 1270. The van der Waals surface area contributed by atoms with E-state index in [0.29, 0.717) is 28.8 Å². The number of benzene rings is 2. The van der Waals surface area contributed by atoms with Crippen molar-refractivity contribution in [3.05, 3.63) is 71.2 Å². The Kier molecular flexibility index (Phi) is 5.53. The molecule has 1 aromatic heterocycles. The second-order valence-electron chi connectivity index (χ2n) is 8.09. The molecule has 1 aliphatic rings. The molecule has 0 spiro atoms. The molecule has 1 atom stereocenters. The van der Waals surface area contributed by atoms with Gasteiger partial charge < -0.3 is 4.90 Å². The zero-order chi connectivity index (χ0) is 22.3. The molecule has 0 unspecified atom stereocenters. The number of carbonyl (C=O) groups is 1. The minimum atomic E-state index is -3.96. The number of rotatable bonds is 4. The molecule has 3 aromatic rings. The molecule has 1 fully saturated rings. The van der Waals surface area contributed by atoms with Gasteiger partial charge in [0.1, 0.15) is 10.7 Å². The van der Waals surface area contributed by atoms with E-state index in [-0.39, 0.29) is 29.8 Å². The summed E-state index contributed by atoms with van der Waals surface area (Å²) >= 11 is 0. The first-order valence-electron chi connectivity index (χ1n) is 10.1. The number of aromatic nitrogens is 1. The lowest BCUT2D eigenvalue weighted by Crippen LogP contribution is -2.29. The van der Waals surface area contributed by atoms with Gasteiger partial charge in [0.15, 0.2) is 0 Å². The first kappa shape index (κ1) is 21.4. The third-order valence-corrected chi connectivity index (χ3v) is 7.53. The molecule has 2 heterocycles. The van der Waals surface area contributed by atoms with Crippen LogP contribution in [0.4, 0.5) is 4.39 Å². The maximum absolute atomic E-state index is 14.3.